The van der Waals surface area contributed by atoms with Crippen LogP contribution in [0.25, 0.3) is 0 Å². The first-order valence-electron chi connectivity index (χ1n) is 6.13. The average molecular weight is 286 g/mol. The molecule has 0 heterocycles. The molecule has 0 atom stereocenters. The average Bonchev–Trinajstić information content (AvgIpc) is 2.38. The molecule has 1 aromatic carbocycles. The highest BCUT2D eigenvalue weighted by Gasteiger charge is 2.06. The minimum absolute atomic E-state index is 0.186. The lowest BCUT2D eigenvalue weighted by atomic mass is 10.2. The Morgan fingerprint density at radius 2 is 2.21 bits per heavy atom. The number of thioether (sulfide) groups is 1. The Hall–Kier alpha value is -1.27. The Kier molecular flexibility index (Phi) is 7.28. The fraction of sp³-hybridized carbons (Fsp3) is 0.462. The molecule has 0 radical (unpaired) electrons. The van der Waals surface area contributed by atoms with Crippen molar-refractivity contribution in [2.24, 2.45) is 0 Å². The monoisotopic (exact) mass is 286 g/mol. The molecule has 2 amide bonds. The van der Waals surface area contributed by atoms with Gasteiger partial charge >= 0.3 is 6.03 Å². The molecular formula is C13H19FN2O2S. The molecule has 0 aliphatic carbocycles. The molecule has 1 rings (SSSR count). The number of carbonyl (C=O) groups excluding carboxylic acids is 1. The van der Waals surface area contributed by atoms with Crippen molar-refractivity contribution in [2.75, 3.05) is 30.0 Å². The van der Waals surface area contributed by atoms with Gasteiger partial charge in [0.2, 0.25) is 0 Å². The van der Waals surface area contributed by atoms with Crippen LogP contribution in [0, 0.1) is 12.7 Å². The molecule has 19 heavy (non-hydrogen) atoms. The van der Waals surface area contributed by atoms with Gasteiger partial charge in [0.25, 0.3) is 0 Å². The zero-order valence-corrected chi connectivity index (χ0v) is 11.7. The quantitative estimate of drug-likeness (QED) is 0.674. The molecular weight excluding hydrogens is 267 g/mol. The lowest BCUT2D eigenvalue weighted by molar-refractivity contribution is 0.252. The van der Waals surface area contributed by atoms with Crippen molar-refractivity contribution in [3.63, 3.8) is 0 Å². The van der Waals surface area contributed by atoms with E-state index in [1.165, 1.54) is 6.07 Å². The van der Waals surface area contributed by atoms with Gasteiger partial charge in [0.15, 0.2) is 0 Å². The SMILES string of the molecule is Cc1ccc(F)c(NC(=O)NCCSCCCO)c1. The molecule has 3 N–H and O–H groups in total. The first-order valence-corrected chi connectivity index (χ1v) is 7.28. The van der Waals surface area contributed by atoms with Crippen LogP contribution in [0.15, 0.2) is 18.2 Å². The van der Waals surface area contributed by atoms with E-state index in [9.17, 15) is 9.18 Å². The van der Waals surface area contributed by atoms with Gasteiger partial charge in [-0.2, -0.15) is 11.8 Å². The number of hydrogen-bond acceptors (Lipinski definition) is 3. The van der Waals surface area contributed by atoms with Gasteiger partial charge < -0.3 is 15.7 Å². The number of benzene rings is 1. The predicted octanol–water partition coefficient (Wildman–Crippen LogP) is 2.37. The second-order valence-electron chi connectivity index (χ2n) is 4.05. The summed E-state index contributed by atoms with van der Waals surface area (Å²) in [5.41, 5.74) is 1.07. The standard InChI is InChI=1S/C13H19FN2O2S/c1-10-3-4-11(14)12(9-10)16-13(18)15-5-8-19-7-2-6-17/h3-4,9,17H,2,5-8H2,1H3,(H2,15,16,18). The van der Waals surface area contributed by atoms with E-state index in [1.807, 2.05) is 6.92 Å². The molecule has 0 spiro atoms. The highest BCUT2D eigenvalue weighted by molar-refractivity contribution is 7.99. The number of aliphatic hydroxyl groups excluding tert-OH is 1. The van der Waals surface area contributed by atoms with Crippen LogP contribution < -0.4 is 10.6 Å². The van der Waals surface area contributed by atoms with Gasteiger partial charge in [-0.1, -0.05) is 6.07 Å². The number of rotatable bonds is 7. The van der Waals surface area contributed by atoms with Crippen molar-refractivity contribution in [3.05, 3.63) is 29.6 Å². The van der Waals surface area contributed by atoms with Crippen LogP contribution in [0.1, 0.15) is 12.0 Å². The Balaban J connectivity index is 2.25. The molecule has 0 saturated heterocycles. The van der Waals surface area contributed by atoms with E-state index in [0.717, 1.165) is 23.5 Å². The maximum Gasteiger partial charge on any atom is 0.319 e. The molecule has 0 fully saturated rings. The van der Waals surface area contributed by atoms with E-state index < -0.39 is 11.8 Å². The van der Waals surface area contributed by atoms with E-state index in [-0.39, 0.29) is 12.3 Å². The number of amides is 2. The van der Waals surface area contributed by atoms with Gasteiger partial charge in [-0.3, -0.25) is 0 Å². The molecule has 6 heteroatoms. The van der Waals surface area contributed by atoms with Gasteiger partial charge in [0, 0.05) is 18.9 Å². The Morgan fingerprint density at radius 1 is 1.42 bits per heavy atom. The highest BCUT2D eigenvalue weighted by atomic mass is 32.2. The molecule has 1 aromatic rings. The van der Waals surface area contributed by atoms with Crippen LogP contribution in [-0.2, 0) is 0 Å². The maximum atomic E-state index is 13.4. The van der Waals surface area contributed by atoms with Crippen molar-refractivity contribution in [2.45, 2.75) is 13.3 Å². The zero-order valence-electron chi connectivity index (χ0n) is 10.9. The number of hydrogen-bond donors (Lipinski definition) is 3. The predicted molar refractivity (Wildman–Crippen MR) is 77.2 cm³/mol. The lowest BCUT2D eigenvalue weighted by Gasteiger charge is -2.09. The van der Waals surface area contributed by atoms with E-state index in [4.69, 9.17) is 5.11 Å². The fourth-order valence-electron chi connectivity index (χ4n) is 1.41. The second kappa shape index (κ2) is 8.77. The Labute approximate surface area is 116 Å². The number of halogens is 1. The third kappa shape index (κ3) is 6.45. The van der Waals surface area contributed by atoms with Gasteiger partial charge in [0.05, 0.1) is 5.69 Å². The van der Waals surface area contributed by atoms with E-state index in [2.05, 4.69) is 10.6 Å². The second-order valence-corrected chi connectivity index (χ2v) is 5.28. The molecule has 0 bridgehead atoms. The molecule has 106 valence electrons. The van der Waals surface area contributed by atoms with Crippen molar-refractivity contribution in [1.29, 1.82) is 0 Å². The van der Waals surface area contributed by atoms with Crippen molar-refractivity contribution >= 4 is 23.5 Å². The minimum atomic E-state index is -0.446. The van der Waals surface area contributed by atoms with Crippen molar-refractivity contribution in [1.82, 2.24) is 5.32 Å². The summed E-state index contributed by atoms with van der Waals surface area (Å²) in [6.07, 6.45) is 0.755. The maximum absolute atomic E-state index is 13.4. The number of carbonyl (C=O) groups is 1. The molecule has 4 nitrogen and oxygen atoms in total. The first-order chi connectivity index (χ1) is 9.13. The summed E-state index contributed by atoms with van der Waals surface area (Å²) in [5, 5.41) is 13.7. The summed E-state index contributed by atoms with van der Waals surface area (Å²) < 4.78 is 13.4. The lowest BCUT2D eigenvalue weighted by Crippen LogP contribution is -2.30. The van der Waals surface area contributed by atoms with Crippen LogP contribution in [0.5, 0.6) is 0 Å². The summed E-state index contributed by atoms with van der Waals surface area (Å²) in [4.78, 5) is 11.5. The number of nitrogens with one attached hydrogen (secondary N) is 2. The van der Waals surface area contributed by atoms with Crippen molar-refractivity contribution < 1.29 is 14.3 Å². The fourth-order valence-corrected chi connectivity index (χ4v) is 2.19. The van der Waals surface area contributed by atoms with E-state index in [0.29, 0.717) is 6.54 Å². The summed E-state index contributed by atoms with van der Waals surface area (Å²) in [6, 6.07) is 4.16. The largest absolute Gasteiger partial charge is 0.396 e. The van der Waals surface area contributed by atoms with Gasteiger partial charge in [-0.05, 0) is 36.8 Å². The Morgan fingerprint density at radius 3 is 2.95 bits per heavy atom. The van der Waals surface area contributed by atoms with E-state index in [1.54, 1.807) is 23.9 Å². The first kappa shape index (κ1) is 15.8. The normalized spacial score (nSPS) is 10.3. The van der Waals surface area contributed by atoms with Crippen LogP contribution in [0.4, 0.5) is 14.9 Å². The third-order valence-corrected chi connectivity index (χ3v) is 3.42. The van der Waals surface area contributed by atoms with Crippen LogP contribution >= 0.6 is 11.8 Å². The summed E-state index contributed by atoms with van der Waals surface area (Å²) in [6.45, 7) is 2.53. The summed E-state index contributed by atoms with van der Waals surface area (Å²) in [7, 11) is 0. The smallest absolute Gasteiger partial charge is 0.319 e. The van der Waals surface area contributed by atoms with E-state index >= 15 is 0 Å². The molecule has 0 unspecified atom stereocenters. The van der Waals surface area contributed by atoms with Gasteiger partial charge in [0.1, 0.15) is 5.82 Å². The molecule has 0 saturated carbocycles. The van der Waals surface area contributed by atoms with Gasteiger partial charge in [-0.15, -0.1) is 0 Å². The number of urea groups is 1. The Bertz CT molecular complexity index is 416. The van der Waals surface area contributed by atoms with Crippen LogP contribution in [-0.4, -0.2) is 35.8 Å². The number of aliphatic hydroxyl groups is 1. The van der Waals surface area contributed by atoms with Gasteiger partial charge in [-0.25, -0.2) is 9.18 Å². The third-order valence-electron chi connectivity index (χ3n) is 2.35. The highest BCUT2D eigenvalue weighted by Crippen LogP contribution is 2.15. The minimum Gasteiger partial charge on any atom is -0.396 e. The topological polar surface area (TPSA) is 61.4 Å². The number of anilines is 1. The van der Waals surface area contributed by atoms with Crippen LogP contribution in [0.2, 0.25) is 0 Å². The number of aryl methyl sites for hydroxylation is 1. The van der Waals surface area contributed by atoms with Crippen molar-refractivity contribution in [3.8, 4) is 0 Å². The van der Waals surface area contributed by atoms with Crippen LogP contribution in [0.3, 0.4) is 0 Å². The zero-order chi connectivity index (χ0) is 14.1. The molecule has 0 aliphatic heterocycles. The molecule has 0 aromatic heterocycles. The molecule has 0 aliphatic rings. The summed E-state index contributed by atoms with van der Waals surface area (Å²) >= 11 is 1.66. The summed E-state index contributed by atoms with van der Waals surface area (Å²) in [5.74, 6) is 1.19.